The normalized spacial score (nSPS) is 10.8. The molecular formula is C4H11N2OP. The molecule has 0 aliphatic rings. The highest BCUT2D eigenvalue weighted by Gasteiger charge is 1.94. The molecule has 0 bridgehead atoms. The van der Waals surface area contributed by atoms with E-state index < -0.39 is 0 Å². The van der Waals surface area contributed by atoms with E-state index in [0.29, 0.717) is 6.42 Å². The molecule has 4 heteroatoms. The summed E-state index contributed by atoms with van der Waals surface area (Å²) in [5.41, 5.74) is 0.204. The first-order chi connectivity index (χ1) is 3.81. The summed E-state index contributed by atoms with van der Waals surface area (Å²) in [6.07, 6.45) is 1.55. The SMILES string of the molecule is CCCC(=O)PNN. The largest absolute Gasteiger partial charge is 0.293 e. The van der Waals surface area contributed by atoms with Gasteiger partial charge in [0.15, 0.2) is 5.52 Å². The van der Waals surface area contributed by atoms with Gasteiger partial charge in [-0.25, -0.2) is 5.20 Å². The van der Waals surface area contributed by atoms with Gasteiger partial charge < -0.3 is 0 Å². The Morgan fingerprint density at radius 3 is 2.88 bits per heavy atom. The molecule has 0 amide bonds. The maximum atomic E-state index is 10.5. The summed E-state index contributed by atoms with van der Waals surface area (Å²) in [5.74, 6) is 4.90. The predicted molar refractivity (Wildman–Crippen MR) is 35.6 cm³/mol. The summed E-state index contributed by atoms with van der Waals surface area (Å²) in [5, 5.41) is 2.33. The molecule has 0 radical (unpaired) electrons. The van der Waals surface area contributed by atoms with Gasteiger partial charge in [0, 0.05) is 15.2 Å². The average molecular weight is 134 g/mol. The molecule has 0 spiro atoms. The van der Waals surface area contributed by atoms with E-state index in [1.165, 1.54) is 0 Å². The van der Waals surface area contributed by atoms with Gasteiger partial charge in [-0.2, -0.15) is 0 Å². The van der Waals surface area contributed by atoms with Crippen LogP contribution in [0.3, 0.4) is 0 Å². The molecule has 0 aromatic heterocycles. The molecule has 0 saturated carbocycles. The number of nitrogens with one attached hydrogen (secondary N) is 1. The Kier molecular flexibility index (Phi) is 5.18. The summed E-state index contributed by atoms with van der Waals surface area (Å²) >= 11 is 0. The van der Waals surface area contributed by atoms with Gasteiger partial charge in [0.1, 0.15) is 0 Å². The number of nitrogens with two attached hydrogens (primary N) is 1. The molecule has 0 aliphatic carbocycles. The van der Waals surface area contributed by atoms with Crippen LogP contribution in [0.1, 0.15) is 19.8 Å². The van der Waals surface area contributed by atoms with Gasteiger partial charge in [-0.05, 0) is 6.42 Å². The van der Waals surface area contributed by atoms with Crippen LogP contribution >= 0.6 is 8.73 Å². The second-order valence-corrected chi connectivity index (χ2v) is 2.54. The van der Waals surface area contributed by atoms with Crippen molar-refractivity contribution in [1.29, 1.82) is 0 Å². The minimum absolute atomic E-state index is 0.0844. The fourth-order valence-corrected chi connectivity index (χ4v) is 0.906. The molecule has 1 unspecified atom stereocenters. The highest BCUT2D eigenvalue weighted by atomic mass is 31.1. The van der Waals surface area contributed by atoms with E-state index in [4.69, 9.17) is 5.84 Å². The molecule has 0 aliphatic heterocycles. The van der Waals surface area contributed by atoms with E-state index in [-0.39, 0.29) is 14.3 Å². The van der Waals surface area contributed by atoms with Crippen molar-refractivity contribution in [2.24, 2.45) is 5.84 Å². The van der Waals surface area contributed by atoms with Crippen molar-refractivity contribution in [2.75, 3.05) is 0 Å². The van der Waals surface area contributed by atoms with Crippen LogP contribution < -0.4 is 11.0 Å². The van der Waals surface area contributed by atoms with Crippen molar-refractivity contribution in [3.63, 3.8) is 0 Å². The van der Waals surface area contributed by atoms with Crippen LogP contribution in [-0.4, -0.2) is 5.52 Å². The maximum absolute atomic E-state index is 10.5. The molecule has 48 valence electrons. The number of carbonyl (C=O) groups excluding carboxylic acids is 1. The predicted octanol–water partition coefficient (Wildman–Crippen LogP) is 0.370. The van der Waals surface area contributed by atoms with Gasteiger partial charge in [-0.3, -0.25) is 10.6 Å². The summed E-state index contributed by atoms with van der Waals surface area (Å²) in [6.45, 7) is 1.97. The molecule has 3 nitrogen and oxygen atoms in total. The number of carbonyl (C=O) groups is 1. The molecule has 0 fully saturated rings. The number of rotatable bonds is 4. The van der Waals surface area contributed by atoms with Gasteiger partial charge in [-0.1, -0.05) is 6.92 Å². The van der Waals surface area contributed by atoms with E-state index in [0.717, 1.165) is 6.42 Å². The van der Waals surface area contributed by atoms with Gasteiger partial charge in [-0.15, -0.1) is 0 Å². The van der Waals surface area contributed by atoms with Gasteiger partial charge in [0.2, 0.25) is 0 Å². The van der Waals surface area contributed by atoms with E-state index in [9.17, 15) is 4.79 Å². The first kappa shape index (κ1) is 8.02. The molecule has 0 aromatic carbocycles. The molecule has 0 heterocycles. The summed E-state index contributed by atoms with van der Waals surface area (Å²) in [7, 11) is 0.0844. The fourth-order valence-electron chi connectivity index (χ4n) is 0.370. The lowest BCUT2D eigenvalue weighted by atomic mass is 10.4. The molecule has 0 rings (SSSR count). The lowest BCUT2D eigenvalue weighted by molar-refractivity contribution is -0.111. The van der Waals surface area contributed by atoms with Crippen molar-refractivity contribution >= 4 is 14.3 Å². The Balaban J connectivity index is 3.06. The molecule has 1 atom stereocenters. The summed E-state index contributed by atoms with van der Waals surface area (Å²) in [4.78, 5) is 10.5. The summed E-state index contributed by atoms with van der Waals surface area (Å²) in [6, 6.07) is 0. The maximum Gasteiger partial charge on any atom is 0.167 e. The van der Waals surface area contributed by atoms with Crippen molar-refractivity contribution in [2.45, 2.75) is 19.8 Å². The summed E-state index contributed by atoms with van der Waals surface area (Å²) < 4.78 is 0. The Morgan fingerprint density at radius 2 is 2.50 bits per heavy atom. The number of hydrogen-bond donors (Lipinski definition) is 2. The third kappa shape index (κ3) is 4.19. The zero-order valence-corrected chi connectivity index (χ0v) is 5.90. The van der Waals surface area contributed by atoms with Crippen LogP contribution in [-0.2, 0) is 4.79 Å². The fraction of sp³-hybridized carbons (Fsp3) is 0.750. The molecule has 0 aromatic rings. The molecule has 8 heavy (non-hydrogen) atoms. The Hall–Kier alpha value is 0.0200. The quantitative estimate of drug-likeness (QED) is 0.332. The van der Waals surface area contributed by atoms with Crippen LogP contribution in [0.25, 0.3) is 0 Å². The Labute approximate surface area is 50.8 Å². The van der Waals surface area contributed by atoms with Gasteiger partial charge in [0.05, 0.1) is 0 Å². The first-order valence-electron chi connectivity index (χ1n) is 2.55. The smallest absolute Gasteiger partial charge is 0.167 e. The van der Waals surface area contributed by atoms with Crippen LogP contribution in [0.4, 0.5) is 0 Å². The van der Waals surface area contributed by atoms with Crippen molar-refractivity contribution in [1.82, 2.24) is 5.20 Å². The standard InChI is InChI=1S/C4H11N2OP/c1-2-3-4(7)8-6-5/h6,8H,2-3,5H2,1H3. The topological polar surface area (TPSA) is 55.1 Å². The van der Waals surface area contributed by atoms with Crippen LogP contribution in [0, 0.1) is 0 Å². The first-order valence-corrected chi connectivity index (χ1v) is 3.55. The van der Waals surface area contributed by atoms with Gasteiger partial charge >= 0.3 is 0 Å². The van der Waals surface area contributed by atoms with Crippen molar-refractivity contribution in [3.05, 3.63) is 0 Å². The van der Waals surface area contributed by atoms with E-state index in [1.807, 2.05) is 6.92 Å². The second-order valence-electron chi connectivity index (χ2n) is 1.44. The van der Waals surface area contributed by atoms with E-state index in [2.05, 4.69) is 5.20 Å². The van der Waals surface area contributed by atoms with Crippen LogP contribution in [0.5, 0.6) is 0 Å². The monoisotopic (exact) mass is 134 g/mol. The number of hydrazine groups is 1. The van der Waals surface area contributed by atoms with Crippen LogP contribution in [0.15, 0.2) is 0 Å². The van der Waals surface area contributed by atoms with Crippen molar-refractivity contribution < 1.29 is 4.79 Å². The van der Waals surface area contributed by atoms with Crippen LogP contribution in [0.2, 0.25) is 0 Å². The molecule has 3 N–H and O–H groups in total. The minimum Gasteiger partial charge on any atom is -0.293 e. The van der Waals surface area contributed by atoms with E-state index in [1.54, 1.807) is 0 Å². The minimum atomic E-state index is 0.0844. The third-order valence-electron chi connectivity index (χ3n) is 0.689. The Bertz CT molecular complexity index is 68.4. The highest BCUT2D eigenvalue weighted by Crippen LogP contribution is 2.06. The third-order valence-corrected chi connectivity index (χ3v) is 1.36. The van der Waals surface area contributed by atoms with E-state index >= 15 is 0 Å². The number of hydrogen-bond acceptors (Lipinski definition) is 3. The lowest BCUT2D eigenvalue weighted by Crippen LogP contribution is -2.12. The highest BCUT2D eigenvalue weighted by molar-refractivity contribution is 7.55. The lowest BCUT2D eigenvalue weighted by Gasteiger charge is -1.93. The average Bonchev–Trinajstić information content (AvgIpc) is 1.68. The zero-order chi connectivity index (χ0) is 6.41. The molecule has 0 saturated heterocycles. The van der Waals surface area contributed by atoms with Gasteiger partial charge in [0.25, 0.3) is 0 Å². The zero-order valence-electron chi connectivity index (χ0n) is 4.90. The van der Waals surface area contributed by atoms with Crippen molar-refractivity contribution in [3.8, 4) is 0 Å². The molecular weight excluding hydrogens is 123 g/mol. The Morgan fingerprint density at radius 1 is 1.88 bits per heavy atom. The second kappa shape index (κ2) is 5.16.